The predicted octanol–water partition coefficient (Wildman–Crippen LogP) is 3.84. The molecule has 0 spiro atoms. The number of anilines is 1. The maximum atomic E-state index is 5.36. The van der Waals surface area contributed by atoms with Gasteiger partial charge in [-0.05, 0) is 38.3 Å². The van der Waals surface area contributed by atoms with Crippen LogP contribution in [0.2, 0.25) is 0 Å². The van der Waals surface area contributed by atoms with Crippen LogP contribution in [0.5, 0.6) is 5.75 Å². The minimum Gasteiger partial charge on any atom is -0.497 e. The molecule has 152 valence electrons. The zero-order chi connectivity index (χ0) is 18.9. The van der Waals surface area contributed by atoms with Crippen LogP contribution in [0, 0.1) is 11.3 Å². The maximum absolute atomic E-state index is 5.36. The van der Waals surface area contributed by atoms with E-state index in [1.165, 1.54) is 12.1 Å². The normalized spacial score (nSPS) is 23.5. The minimum absolute atomic E-state index is 0. The van der Waals surface area contributed by atoms with E-state index in [0.29, 0.717) is 11.3 Å². The van der Waals surface area contributed by atoms with Crippen LogP contribution in [0.3, 0.4) is 0 Å². The predicted molar refractivity (Wildman–Crippen MR) is 125 cm³/mol. The summed E-state index contributed by atoms with van der Waals surface area (Å²) in [6, 6.07) is 8.36. The molecule has 27 heavy (non-hydrogen) atoms. The molecule has 0 saturated carbocycles. The SMILES string of the molecule is CN=C(NCC1CCN(c2cccc(OC)c2)C1)N1CC(C)(C)C1(C)C.I. The second-order valence-corrected chi connectivity index (χ2v) is 8.76. The van der Waals surface area contributed by atoms with Gasteiger partial charge in [-0.1, -0.05) is 19.9 Å². The van der Waals surface area contributed by atoms with E-state index in [2.05, 4.69) is 66.0 Å². The van der Waals surface area contributed by atoms with Crippen molar-refractivity contribution >= 4 is 35.6 Å². The van der Waals surface area contributed by atoms with Crippen molar-refractivity contribution in [1.29, 1.82) is 0 Å². The van der Waals surface area contributed by atoms with Crippen LogP contribution >= 0.6 is 24.0 Å². The Hall–Kier alpha value is -1.18. The molecule has 2 saturated heterocycles. The van der Waals surface area contributed by atoms with Crippen molar-refractivity contribution in [2.45, 2.75) is 39.7 Å². The summed E-state index contributed by atoms with van der Waals surface area (Å²) in [6.07, 6.45) is 1.20. The first-order chi connectivity index (χ1) is 12.3. The highest BCUT2D eigenvalue weighted by molar-refractivity contribution is 14.0. The Balaban J connectivity index is 0.00000261. The second-order valence-electron chi connectivity index (χ2n) is 8.76. The number of hydrogen-bond donors (Lipinski definition) is 1. The van der Waals surface area contributed by atoms with Crippen LogP contribution in [0.1, 0.15) is 34.1 Å². The largest absolute Gasteiger partial charge is 0.497 e. The molecule has 5 nitrogen and oxygen atoms in total. The maximum Gasteiger partial charge on any atom is 0.194 e. The first-order valence-corrected chi connectivity index (χ1v) is 9.66. The van der Waals surface area contributed by atoms with Crippen LogP contribution in [0.4, 0.5) is 5.69 Å². The van der Waals surface area contributed by atoms with Crippen molar-refractivity contribution in [3.05, 3.63) is 24.3 Å². The summed E-state index contributed by atoms with van der Waals surface area (Å²) in [5.41, 5.74) is 1.71. The molecule has 2 aliphatic rings. The molecule has 0 aromatic heterocycles. The van der Waals surface area contributed by atoms with Gasteiger partial charge in [0, 0.05) is 55.9 Å². The fourth-order valence-corrected chi connectivity index (χ4v) is 3.97. The third-order valence-electron chi connectivity index (χ3n) is 6.61. The molecule has 1 aromatic carbocycles. The number of nitrogens with zero attached hydrogens (tertiary/aromatic N) is 3. The summed E-state index contributed by atoms with van der Waals surface area (Å²) in [7, 11) is 3.61. The van der Waals surface area contributed by atoms with E-state index < -0.39 is 0 Å². The van der Waals surface area contributed by atoms with E-state index in [-0.39, 0.29) is 29.5 Å². The zero-order valence-electron chi connectivity index (χ0n) is 17.6. The van der Waals surface area contributed by atoms with E-state index in [1.807, 2.05) is 13.1 Å². The van der Waals surface area contributed by atoms with Gasteiger partial charge < -0.3 is 19.9 Å². The molecule has 1 aromatic rings. The van der Waals surface area contributed by atoms with Gasteiger partial charge in [-0.3, -0.25) is 4.99 Å². The molecule has 0 radical (unpaired) electrons. The smallest absolute Gasteiger partial charge is 0.194 e. The van der Waals surface area contributed by atoms with Gasteiger partial charge in [0.25, 0.3) is 0 Å². The van der Waals surface area contributed by atoms with Crippen molar-refractivity contribution in [3.63, 3.8) is 0 Å². The highest BCUT2D eigenvalue weighted by Gasteiger charge is 2.53. The number of rotatable bonds is 4. The van der Waals surface area contributed by atoms with E-state index in [4.69, 9.17) is 4.74 Å². The Morgan fingerprint density at radius 1 is 1.30 bits per heavy atom. The Morgan fingerprint density at radius 3 is 2.63 bits per heavy atom. The summed E-state index contributed by atoms with van der Waals surface area (Å²) in [6.45, 7) is 13.5. The van der Waals surface area contributed by atoms with E-state index >= 15 is 0 Å². The molecule has 0 bridgehead atoms. The van der Waals surface area contributed by atoms with Gasteiger partial charge >= 0.3 is 0 Å². The van der Waals surface area contributed by atoms with Gasteiger partial charge in [0.2, 0.25) is 0 Å². The lowest BCUT2D eigenvalue weighted by atomic mass is 9.65. The number of methoxy groups -OCH3 is 1. The number of aliphatic imine (C=N–C) groups is 1. The molecule has 1 atom stereocenters. The molecule has 3 rings (SSSR count). The van der Waals surface area contributed by atoms with Crippen molar-refractivity contribution in [1.82, 2.24) is 10.2 Å². The number of halogens is 1. The molecule has 1 unspecified atom stereocenters. The average molecular weight is 486 g/mol. The topological polar surface area (TPSA) is 40.1 Å². The summed E-state index contributed by atoms with van der Waals surface area (Å²) in [5.74, 6) is 2.59. The lowest BCUT2D eigenvalue weighted by Gasteiger charge is -2.62. The van der Waals surface area contributed by atoms with Crippen LogP contribution in [0.25, 0.3) is 0 Å². The van der Waals surface area contributed by atoms with E-state index in [0.717, 1.165) is 37.9 Å². The van der Waals surface area contributed by atoms with Crippen LogP contribution in [-0.2, 0) is 0 Å². The summed E-state index contributed by atoms with van der Waals surface area (Å²) in [4.78, 5) is 9.39. The van der Waals surface area contributed by atoms with Gasteiger partial charge in [-0.25, -0.2) is 0 Å². The van der Waals surface area contributed by atoms with Gasteiger partial charge in [0.1, 0.15) is 5.75 Å². The second kappa shape index (κ2) is 8.45. The molecule has 2 fully saturated rings. The molecular formula is C21H35IN4O. The standard InChI is InChI=1S/C21H34N4O.HI/c1-20(2)15-25(21(20,3)4)19(22-5)23-13-16-10-11-24(14-16)17-8-7-9-18(12-17)26-6;/h7-9,12,16H,10-11,13-15H2,1-6H3,(H,22,23);1H. The first kappa shape index (κ1) is 22.1. The van der Waals surface area contributed by atoms with E-state index in [1.54, 1.807) is 7.11 Å². The van der Waals surface area contributed by atoms with Crippen molar-refractivity contribution in [3.8, 4) is 5.75 Å². The molecule has 6 heteroatoms. The molecule has 1 N–H and O–H groups in total. The molecule has 0 aliphatic carbocycles. The average Bonchev–Trinajstić information content (AvgIpc) is 3.10. The molecular weight excluding hydrogens is 451 g/mol. The van der Waals surface area contributed by atoms with Crippen molar-refractivity contribution < 1.29 is 4.74 Å². The number of nitrogens with one attached hydrogen (secondary N) is 1. The van der Waals surface area contributed by atoms with Crippen LogP contribution < -0.4 is 15.0 Å². The molecule has 2 heterocycles. The van der Waals surface area contributed by atoms with Crippen LogP contribution in [-0.4, -0.2) is 56.7 Å². The number of guanidine groups is 1. The molecule has 0 amide bonds. The van der Waals surface area contributed by atoms with Gasteiger partial charge in [-0.2, -0.15) is 0 Å². The third kappa shape index (κ3) is 4.30. The van der Waals surface area contributed by atoms with Gasteiger partial charge in [-0.15, -0.1) is 24.0 Å². The Kier molecular flexibility index (Phi) is 6.92. The lowest BCUT2D eigenvalue weighted by Crippen LogP contribution is -2.72. The number of benzene rings is 1. The fourth-order valence-electron chi connectivity index (χ4n) is 3.97. The third-order valence-corrected chi connectivity index (χ3v) is 6.61. The summed E-state index contributed by atoms with van der Waals surface area (Å²) >= 11 is 0. The zero-order valence-corrected chi connectivity index (χ0v) is 19.9. The number of likely N-dealkylation sites (tertiary alicyclic amines) is 1. The first-order valence-electron chi connectivity index (χ1n) is 9.66. The van der Waals surface area contributed by atoms with E-state index in [9.17, 15) is 0 Å². The monoisotopic (exact) mass is 486 g/mol. The minimum atomic E-state index is 0. The highest BCUT2D eigenvalue weighted by atomic mass is 127. The van der Waals surface area contributed by atoms with Gasteiger partial charge in [0.05, 0.1) is 7.11 Å². The van der Waals surface area contributed by atoms with Crippen LogP contribution in [0.15, 0.2) is 29.3 Å². The summed E-state index contributed by atoms with van der Waals surface area (Å²) < 4.78 is 5.36. The number of ether oxygens (including phenoxy) is 1. The Bertz CT molecular complexity index is 674. The Labute approximate surface area is 181 Å². The van der Waals surface area contributed by atoms with Gasteiger partial charge in [0.15, 0.2) is 5.96 Å². The van der Waals surface area contributed by atoms with Crippen molar-refractivity contribution in [2.75, 3.05) is 45.2 Å². The molecule has 2 aliphatic heterocycles. The lowest BCUT2D eigenvalue weighted by molar-refractivity contribution is -0.0668. The summed E-state index contributed by atoms with van der Waals surface area (Å²) in [5, 5.41) is 3.63. The fraction of sp³-hybridized carbons (Fsp3) is 0.667. The van der Waals surface area contributed by atoms with Crippen molar-refractivity contribution in [2.24, 2.45) is 16.3 Å². The number of hydrogen-bond acceptors (Lipinski definition) is 3. The Morgan fingerprint density at radius 2 is 2.04 bits per heavy atom. The highest BCUT2D eigenvalue weighted by Crippen LogP contribution is 2.46. The quantitative estimate of drug-likeness (QED) is 0.399.